The predicted octanol–water partition coefficient (Wildman–Crippen LogP) is 2.14. The number of nitrogens with one attached hydrogen (secondary N) is 1. The van der Waals surface area contributed by atoms with E-state index < -0.39 is 4.92 Å². The maximum absolute atomic E-state index is 11.9. The molecule has 0 aliphatic heterocycles. The summed E-state index contributed by atoms with van der Waals surface area (Å²) in [7, 11) is 0. The second-order valence-corrected chi connectivity index (χ2v) is 4.42. The molecule has 1 aromatic carbocycles. The Hall–Kier alpha value is -1.66. The van der Waals surface area contributed by atoms with Gasteiger partial charge in [0.2, 0.25) is 0 Å². The number of hydrogen-bond acceptors (Lipinski definition) is 4. The Labute approximate surface area is 115 Å². The largest absolute Gasteiger partial charge is 0.396 e. The second-order valence-electron chi connectivity index (χ2n) is 4.01. The highest BCUT2D eigenvalue weighted by Crippen LogP contribution is 2.24. The average Bonchev–Trinajstić information content (AvgIpc) is 2.37. The van der Waals surface area contributed by atoms with Crippen molar-refractivity contribution in [1.82, 2.24) is 5.32 Å². The van der Waals surface area contributed by atoms with Gasteiger partial charge in [0.1, 0.15) is 5.02 Å². The van der Waals surface area contributed by atoms with Crippen LogP contribution in [0.4, 0.5) is 5.69 Å². The molecule has 0 unspecified atom stereocenters. The fraction of sp³-hybridized carbons (Fsp3) is 0.417. The maximum Gasteiger partial charge on any atom is 0.287 e. The van der Waals surface area contributed by atoms with Gasteiger partial charge in [-0.05, 0) is 25.0 Å². The van der Waals surface area contributed by atoms with E-state index in [1.807, 2.05) is 6.92 Å². The van der Waals surface area contributed by atoms with Crippen LogP contribution in [0.5, 0.6) is 0 Å². The molecule has 0 heterocycles. The van der Waals surface area contributed by atoms with Gasteiger partial charge in [-0.2, -0.15) is 0 Å². The highest BCUT2D eigenvalue weighted by molar-refractivity contribution is 6.33. The van der Waals surface area contributed by atoms with E-state index in [4.69, 9.17) is 16.7 Å². The summed E-state index contributed by atoms with van der Waals surface area (Å²) in [6.45, 7) is 1.88. The van der Waals surface area contributed by atoms with Gasteiger partial charge in [0, 0.05) is 24.3 Å². The van der Waals surface area contributed by atoms with Gasteiger partial charge in [0.25, 0.3) is 11.6 Å². The van der Waals surface area contributed by atoms with Crippen molar-refractivity contribution in [2.24, 2.45) is 0 Å². The first-order chi connectivity index (χ1) is 8.99. The number of nitro benzene ring substituents is 1. The number of carbonyl (C=O) groups is 1. The van der Waals surface area contributed by atoms with Crippen molar-refractivity contribution in [1.29, 1.82) is 0 Å². The van der Waals surface area contributed by atoms with E-state index >= 15 is 0 Å². The molecule has 0 spiro atoms. The smallest absolute Gasteiger partial charge is 0.287 e. The zero-order chi connectivity index (χ0) is 14.4. The van der Waals surface area contributed by atoms with Crippen LogP contribution in [-0.2, 0) is 0 Å². The van der Waals surface area contributed by atoms with Crippen LogP contribution >= 0.6 is 11.6 Å². The number of halogens is 1. The zero-order valence-electron chi connectivity index (χ0n) is 10.4. The second kappa shape index (κ2) is 7.06. The monoisotopic (exact) mass is 286 g/mol. The van der Waals surface area contributed by atoms with Gasteiger partial charge >= 0.3 is 0 Å². The van der Waals surface area contributed by atoms with Gasteiger partial charge in [0.05, 0.1) is 4.92 Å². The quantitative estimate of drug-likeness (QED) is 0.619. The number of aliphatic hydroxyl groups excluding tert-OH is 1. The zero-order valence-corrected chi connectivity index (χ0v) is 11.2. The SMILES string of the molecule is CC[C@@H](CCO)NC(=O)c1ccc([N+](=O)[O-])c(Cl)c1. The van der Waals surface area contributed by atoms with Gasteiger partial charge in [-0.3, -0.25) is 14.9 Å². The molecule has 0 radical (unpaired) electrons. The molecule has 0 fully saturated rings. The molecule has 6 nitrogen and oxygen atoms in total. The van der Waals surface area contributed by atoms with Gasteiger partial charge in [-0.1, -0.05) is 18.5 Å². The maximum atomic E-state index is 11.9. The van der Waals surface area contributed by atoms with Crippen molar-refractivity contribution in [2.45, 2.75) is 25.8 Å². The number of aliphatic hydroxyl groups is 1. The molecule has 1 rings (SSSR count). The average molecular weight is 287 g/mol. The number of rotatable bonds is 6. The molecular weight excluding hydrogens is 272 g/mol. The third kappa shape index (κ3) is 4.18. The number of benzene rings is 1. The molecule has 1 atom stereocenters. The molecule has 7 heteroatoms. The molecule has 0 aliphatic carbocycles. The normalized spacial score (nSPS) is 11.9. The van der Waals surface area contributed by atoms with Crippen molar-refractivity contribution in [2.75, 3.05) is 6.61 Å². The lowest BCUT2D eigenvalue weighted by molar-refractivity contribution is -0.384. The number of nitrogens with zero attached hydrogens (tertiary/aromatic N) is 1. The van der Waals surface area contributed by atoms with Crippen LogP contribution in [0, 0.1) is 10.1 Å². The van der Waals surface area contributed by atoms with Crippen LogP contribution in [0.3, 0.4) is 0 Å². The summed E-state index contributed by atoms with van der Waals surface area (Å²) in [6.07, 6.45) is 1.15. The van der Waals surface area contributed by atoms with Crippen molar-refractivity contribution >= 4 is 23.2 Å². The van der Waals surface area contributed by atoms with Crippen molar-refractivity contribution in [3.8, 4) is 0 Å². The van der Waals surface area contributed by atoms with E-state index in [-0.39, 0.29) is 34.8 Å². The van der Waals surface area contributed by atoms with E-state index in [1.165, 1.54) is 18.2 Å². The van der Waals surface area contributed by atoms with Crippen molar-refractivity contribution < 1.29 is 14.8 Å². The summed E-state index contributed by atoms with van der Waals surface area (Å²) in [5.41, 5.74) is 0.0209. The molecule has 1 amide bonds. The molecule has 0 aromatic heterocycles. The van der Waals surface area contributed by atoms with Gasteiger partial charge < -0.3 is 10.4 Å². The van der Waals surface area contributed by atoms with E-state index in [9.17, 15) is 14.9 Å². The highest BCUT2D eigenvalue weighted by Gasteiger charge is 2.17. The lowest BCUT2D eigenvalue weighted by atomic mass is 10.1. The molecule has 2 N–H and O–H groups in total. The summed E-state index contributed by atoms with van der Waals surface area (Å²) >= 11 is 5.74. The Bertz CT molecular complexity index is 479. The Morgan fingerprint density at radius 2 is 2.26 bits per heavy atom. The topological polar surface area (TPSA) is 92.5 Å². The minimum absolute atomic E-state index is 0.0141. The van der Waals surface area contributed by atoms with Crippen LogP contribution in [0.15, 0.2) is 18.2 Å². The Balaban J connectivity index is 2.83. The first kappa shape index (κ1) is 15.4. The standard InChI is InChI=1S/C12H15ClN2O4/c1-2-9(5-6-16)14-12(17)8-3-4-11(15(18)19)10(13)7-8/h3-4,7,9,16H,2,5-6H2,1H3,(H,14,17)/t9-/m0/s1. The molecule has 0 aliphatic rings. The predicted molar refractivity (Wildman–Crippen MR) is 71.4 cm³/mol. The molecular formula is C12H15ClN2O4. The Morgan fingerprint density at radius 1 is 1.58 bits per heavy atom. The molecule has 0 saturated carbocycles. The lowest BCUT2D eigenvalue weighted by Crippen LogP contribution is -2.35. The van der Waals surface area contributed by atoms with Gasteiger partial charge in [-0.15, -0.1) is 0 Å². The summed E-state index contributed by atoms with van der Waals surface area (Å²) in [5.74, 6) is -0.364. The molecule has 0 saturated heterocycles. The summed E-state index contributed by atoms with van der Waals surface area (Å²) < 4.78 is 0. The van der Waals surface area contributed by atoms with Crippen LogP contribution in [0.25, 0.3) is 0 Å². The summed E-state index contributed by atoms with van der Waals surface area (Å²) in [4.78, 5) is 21.9. The van der Waals surface area contributed by atoms with E-state index in [0.29, 0.717) is 12.8 Å². The summed E-state index contributed by atoms with van der Waals surface area (Å²) in [5, 5.41) is 22.1. The first-order valence-corrected chi connectivity index (χ1v) is 6.23. The first-order valence-electron chi connectivity index (χ1n) is 5.85. The Morgan fingerprint density at radius 3 is 2.74 bits per heavy atom. The molecule has 104 valence electrons. The molecule has 1 aromatic rings. The van der Waals surface area contributed by atoms with Crippen molar-refractivity contribution in [3.05, 3.63) is 38.9 Å². The number of hydrogen-bond donors (Lipinski definition) is 2. The summed E-state index contributed by atoms with van der Waals surface area (Å²) in [6, 6.07) is 3.68. The minimum atomic E-state index is -0.607. The minimum Gasteiger partial charge on any atom is -0.396 e. The van der Waals surface area contributed by atoms with E-state index in [2.05, 4.69) is 5.32 Å². The van der Waals surface area contributed by atoms with E-state index in [1.54, 1.807) is 0 Å². The van der Waals surface area contributed by atoms with Crippen LogP contribution in [0.2, 0.25) is 5.02 Å². The van der Waals surface area contributed by atoms with Crippen molar-refractivity contribution in [3.63, 3.8) is 0 Å². The highest BCUT2D eigenvalue weighted by atomic mass is 35.5. The number of amides is 1. The van der Waals surface area contributed by atoms with Gasteiger partial charge in [-0.25, -0.2) is 0 Å². The third-order valence-electron chi connectivity index (χ3n) is 2.71. The lowest BCUT2D eigenvalue weighted by Gasteiger charge is -2.15. The number of carbonyl (C=O) groups excluding carboxylic acids is 1. The fourth-order valence-electron chi connectivity index (χ4n) is 1.60. The third-order valence-corrected chi connectivity index (χ3v) is 3.01. The molecule has 19 heavy (non-hydrogen) atoms. The van der Waals surface area contributed by atoms with E-state index in [0.717, 1.165) is 0 Å². The molecule has 0 bridgehead atoms. The van der Waals surface area contributed by atoms with Crippen LogP contribution in [0.1, 0.15) is 30.1 Å². The van der Waals surface area contributed by atoms with Gasteiger partial charge in [0.15, 0.2) is 0 Å². The van der Waals surface area contributed by atoms with Crippen LogP contribution < -0.4 is 5.32 Å². The van der Waals surface area contributed by atoms with Crippen LogP contribution in [-0.4, -0.2) is 28.6 Å². The Kier molecular flexibility index (Phi) is 5.72. The number of nitro groups is 1. The fourth-order valence-corrected chi connectivity index (χ4v) is 1.85.